The maximum atomic E-state index is 13.3. The number of carbonyl (C=O) groups is 2. The number of halogens is 3. The first-order valence-corrected chi connectivity index (χ1v) is 14.4. The van der Waals surface area contributed by atoms with Gasteiger partial charge in [-0.3, -0.25) is 9.78 Å². The van der Waals surface area contributed by atoms with Crippen LogP contribution in [0.4, 0.5) is 18.9 Å². The molecule has 0 unspecified atom stereocenters. The molecule has 3 rings (SSSR count). The lowest BCUT2D eigenvalue weighted by atomic mass is 9.98. The summed E-state index contributed by atoms with van der Waals surface area (Å²) in [5.74, 6) is -1.45. The van der Waals surface area contributed by atoms with Crippen LogP contribution in [0.3, 0.4) is 0 Å². The number of benzene rings is 2. The van der Waals surface area contributed by atoms with Crippen LogP contribution < -0.4 is 5.32 Å². The van der Waals surface area contributed by atoms with Gasteiger partial charge in [-0.05, 0) is 41.4 Å². The van der Waals surface area contributed by atoms with E-state index in [2.05, 4.69) is 29.9 Å². The topological polar surface area (TPSA) is 68.3 Å². The fraction of sp³-hybridized carbons (Fsp3) is 0.240. The second kappa shape index (κ2) is 10.2. The van der Waals surface area contributed by atoms with Crippen molar-refractivity contribution in [1.82, 2.24) is 4.98 Å². The van der Waals surface area contributed by atoms with E-state index in [9.17, 15) is 22.8 Å². The number of pyridine rings is 1. The fourth-order valence-electron chi connectivity index (χ4n) is 3.21. The number of hydrogen-bond acceptors (Lipinski definition) is 4. The molecular weight excluding hydrogens is 461 g/mol. The largest absolute Gasteiger partial charge is 0.462 e. The van der Waals surface area contributed by atoms with Gasteiger partial charge < -0.3 is 10.1 Å². The van der Waals surface area contributed by atoms with Gasteiger partial charge in [-0.25, -0.2) is 4.79 Å². The van der Waals surface area contributed by atoms with E-state index in [1.807, 2.05) is 6.07 Å². The van der Waals surface area contributed by atoms with Crippen molar-refractivity contribution in [1.29, 1.82) is 0 Å². The van der Waals surface area contributed by atoms with Gasteiger partial charge in [-0.15, -0.1) is 0 Å². The molecule has 0 aliphatic rings. The van der Waals surface area contributed by atoms with Gasteiger partial charge in [-0.2, -0.15) is 13.2 Å². The number of carbonyl (C=O) groups excluding carboxylic acids is 2. The zero-order chi connectivity index (χ0) is 24.9. The molecule has 0 bridgehead atoms. The molecule has 9 heteroatoms. The first-order chi connectivity index (χ1) is 16.0. The van der Waals surface area contributed by atoms with Gasteiger partial charge in [0.2, 0.25) is 0 Å². The first kappa shape index (κ1) is 25.2. The molecule has 2 aromatic carbocycles. The predicted octanol–water partition coefficient (Wildman–Crippen LogP) is 6.51. The minimum atomic E-state index is -4.70. The Hall–Kier alpha value is -3.46. The van der Waals surface area contributed by atoms with Crippen molar-refractivity contribution in [3.8, 4) is 11.1 Å². The molecule has 1 amide bonds. The summed E-state index contributed by atoms with van der Waals surface area (Å²) >= 11 is 0. The molecule has 1 heterocycles. The van der Waals surface area contributed by atoms with E-state index in [0.717, 1.165) is 24.5 Å². The zero-order valence-electron chi connectivity index (χ0n) is 19.1. The Morgan fingerprint density at radius 3 is 2.35 bits per heavy atom. The number of hydrogen-bond donors (Lipinski definition) is 1. The van der Waals surface area contributed by atoms with Crippen LogP contribution in [0.2, 0.25) is 25.7 Å². The summed E-state index contributed by atoms with van der Waals surface area (Å²) in [4.78, 5) is 29.1. The highest BCUT2D eigenvalue weighted by molar-refractivity contribution is 6.76. The number of alkyl halides is 3. The zero-order valence-corrected chi connectivity index (χ0v) is 20.1. The van der Waals surface area contributed by atoms with E-state index < -0.39 is 37.3 Å². The van der Waals surface area contributed by atoms with E-state index >= 15 is 0 Å². The Balaban J connectivity index is 1.91. The number of nitrogens with zero attached hydrogens (tertiary/aromatic N) is 1. The summed E-state index contributed by atoms with van der Waals surface area (Å²) < 4.78 is 45.4. The first-order valence-electron chi connectivity index (χ1n) is 10.6. The Bertz CT molecular complexity index is 1180. The normalized spacial score (nSPS) is 11.7. The highest BCUT2D eigenvalue weighted by atomic mass is 28.3. The van der Waals surface area contributed by atoms with Gasteiger partial charge in [0.25, 0.3) is 5.91 Å². The minimum Gasteiger partial charge on any atom is -0.462 e. The van der Waals surface area contributed by atoms with E-state index in [0.29, 0.717) is 23.3 Å². The number of aromatic nitrogens is 1. The molecule has 178 valence electrons. The van der Waals surface area contributed by atoms with Crippen molar-refractivity contribution < 1.29 is 27.5 Å². The third kappa shape index (κ3) is 6.54. The summed E-state index contributed by atoms with van der Waals surface area (Å²) in [6.07, 6.45) is -2.84. The van der Waals surface area contributed by atoms with Crippen molar-refractivity contribution >= 4 is 25.6 Å². The van der Waals surface area contributed by atoms with Crippen LogP contribution in [0.1, 0.15) is 26.3 Å². The molecule has 0 spiro atoms. The van der Waals surface area contributed by atoms with Gasteiger partial charge in [0.05, 0.1) is 23.3 Å². The number of esters is 1. The van der Waals surface area contributed by atoms with E-state index in [-0.39, 0.29) is 5.69 Å². The average Bonchev–Trinajstić information content (AvgIpc) is 2.78. The molecule has 0 saturated carbocycles. The van der Waals surface area contributed by atoms with Gasteiger partial charge in [-0.1, -0.05) is 50.0 Å². The molecule has 1 N–H and O–H groups in total. The number of ether oxygens (including phenoxy) is 1. The van der Waals surface area contributed by atoms with E-state index in [1.165, 1.54) is 12.1 Å². The van der Waals surface area contributed by atoms with Crippen LogP contribution in [0.5, 0.6) is 0 Å². The molecular formula is C25H25F3N2O3Si. The number of rotatable bonds is 7. The second-order valence-corrected chi connectivity index (χ2v) is 14.6. The summed E-state index contributed by atoms with van der Waals surface area (Å²) in [6, 6.07) is 15.1. The fourth-order valence-corrected chi connectivity index (χ4v) is 3.92. The molecule has 0 fully saturated rings. The molecule has 34 heavy (non-hydrogen) atoms. The van der Waals surface area contributed by atoms with Crippen LogP contribution in [0.25, 0.3) is 11.1 Å². The molecule has 5 nitrogen and oxygen atoms in total. The van der Waals surface area contributed by atoms with Crippen molar-refractivity contribution in [2.75, 3.05) is 11.9 Å². The van der Waals surface area contributed by atoms with Crippen LogP contribution in [-0.4, -0.2) is 31.5 Å². The smallest absolute Gasteiger partial charge is 0.417 e. The van der Waals surface area contributed by atoms with Crippen LogP contribution >= 0.6 is 0 Å². The summed E-state index contributed by atoms with van der Waals surface area (Å²) in [5.41, 5.74) is 0.0697. The monoisotopic (exact) mass is 486 g/mol. The number of anilines is 1. The SMILES string of the molecule is C[Si](C)(C)CCOC(=O)c1ccc(NC(=O)c2cnccc2C(F)(F)F)cc1-c1ccccc1. The quantitative estimate of drug-likeness (QED) is 0.305. The van der Waals surface area contributed by atoms with E-state index in [1.54, 1.807) is 30.3 Å². The summed E-state index contributed by atoms with van der Waals surface area (Å²) in [5, 5.41) is 2.48. The van der Waals surface area contributed by atoms with Crippen molar-refractivity contribution in [2.24, 2.45) is 0 Å². The van der Waals surface area contributed by atoms with Crippen molar-refractivity contribution in [2.45, 2.75) is 31.9 Å². The Morgan fingerprint density at radius 1 is 1.00 bits per heavy atom. The van der Waals surface area contributed by atoms with Gasteiger partial charge in [0.15, 0.2) is 0 Å². The van der Waals surface area contributed by atoms with Crippen molar-refractivity contribution in [3.05, 3.63) is 83.7 Å². The Kier molecular flexibility index (Phi) is 7.56. The lowest BCUT2D eigenvalue weighted by Crippen LogP contribution is -2.23. The van der Waals surface area contributed by atoms with E-state index in [4.69, 9.17) is 4.74 Å². The highest BCUT2D eigenvalue weighted by Crippen LogP contribution is 2.32. The Morgan fingerprint density at radius 2 is 1.71 bits per heavy atom. The number of nitrogens with one attached hydrogen (secondary N) is 1. The average molecular weight is 487 g/mol. The summed E-state index contributed by atoms with van der Waals surface area (Å²) in [6.45, 7) is 6.85. The molecule has 0 aliphatic carbocycles. The molecule has 0 aliphatic heterocycles. The lowest BCUT2D eigenvalue weighted by molar-refractivity contribution is -0.138. The van der Waals surface area contributed by atoms with Crippen LogP contribution in [-0.2, 0) is 10.9 Å². The third-order valence-electron chi connectivity index (χ3n) is 5.04. The maximum Gasteiger partial charge on any atom is 0.417 e. The molecule has 3 aromatic rings. The predicted molar refractivity (Wildman–Crippen MR) is 128 cm³/mol. The van der Waals surface area contributed by atoms with Crippen molar-refractivity contribution in [3.63, 3.8) is 0 Å². The second-order valence-electron chi connectivity index (χ2n) is 8.95. The van der Waals surface area contributed by atoms with Gasteiger partial charge in [0, 0.05) is 26.2 Å². The lowest BCUT2D eigenvalue weighted by Gasteiger charge is -2.17. The maximum absolute atomic E-state index is 13.3. The van der Waals surface area contributed by atoms with Crippen LogP contribution in [0, 0.1) is 0 Å². The molecule has 0 atom stereocenters. The number of amides is 1. The molecule has 0 saturated heterocycles. The van der Waals surface area contributed by atoms with Crippen LogP contribution in [0.15, 0.2) is 67.0 Å². The summed E-state index contributed by atoms with van der Waals surface area (Å²) in [7, 11) is -1.39. The minimum absolute atomic E-state index is 0.236. The third-order valence-corrected chi connectivity index (χ3v) is 6.74. The molecule has 0 radical (unpaired) electrons. The highest BCUT2D eigenvalue weighted by Gasteiger charge is 2.35. The van der Waals surface area contributed by atoms with Gasteiger partial charge >= 0.3 is 12.1 Å². The molecule has 1 aromatic heterocycles. The standard InChI is InChI=1S/C25H25F3N2O3Si/c1-34(2,3)14-13-33-24(32)19-10-9-18(15-20(19)17-7-5-4-6-8-17)30-23(31)21-16-29-12-11-22(21)25(26,27)28/h4-12,15-16H,13-14H2,1-3H3,(H,30,31). The Labute approximate surface area is 197 Å². The van der Waals surface area contributed by atoms with Gasteiger partial charge in [0.1, 0.15) is 0 Å².